The second-order valence-electron chi connectivity index (χ2n) is 9.59. The number of carbonyl (C=O) groups excluding carboxylic acids is 3. The number of furan rings is 1. The number of nitrogens with zero attached hydrogens (tertiary/aromatic N) is 1. The number of hydrogen-bond acceptors (Lipinski definition) is 7. The second-order valence-corrected chi connectivity index (χ2v) is 9.59. The molecule has 1 aromatic heterocycles. The fourth-order valence-corrected chi connectivity index (χ4v) is 4.61. The minimum atomic E-state index is -1.09. The molecule has 2 N–H and O–H groups in total. The van der Waals surface area contributed by atoms with Crippen molar-refractivity contribution in [1.29, 1.82) is 0 Å². The lowest BCUT2D eigenvalue weighted by Gasteiger charge is -2.32. The molecule has 2 heterocycles. The lowest BCUT2D eigenvalue weighted by atomic mass is 10.0. The molecule has 10 heteroatoms. The van der Waals surface area contributed by atoms with E-state index in [0.717, 1.165) is 24.0 Å². The quantitative estimate of drug-likeness (QED) is 0.374. The lowest BCUT2D eigenvalue weighted by Crippen LogP contribution is -2.48. The molecule has 3 aromatic rings. The van der Waals surface area contributed by atoms with E-state index >= 15 is 0 Å². The molecule has 4 rings (SSSR count). The SMILES string of the molecule is COc1ccc([C@@H](C(=O)NC[C@@H]2CCCO2)N(C(=O)CNC(=O)c2ccco2)c2ccc(C)c(C)c2)cc1OC. The predicted octanol–water partition coefficient (Wildman–Crippen LogP) is 3.71. The van der Waals surface area contributed by atoms with Crippen LogP contribution in [0, 0.1) is 13.8 Å². The maximum Gasteiger partial charge on any atom is 0.287 e. The fourth-order valence-electron chi connectivity index (χ4n) is 4.61. The number of ether oxygens (including phenoxy) is 3. The van der Waals surface area contributed by atoms with E-state index in [4.69, 9.17) is 18.6 Å². The molecule has 40 heavy (non-hydrogen) atoms. The minimum absolute atomic E-state index is 0.0799. The summed E-state index contributed by atoms with van der Waals surface area (Å²) >= 11 is 0. The van der Waals surface area contributed by atoms with Crippen LogP contribution in [-0.2, 0) is 14.3 Å². The van der Waals surface area contributed by atoms with E-state index in [0.29, 0.717) is 35.9 Å². The number of nitrogens with one attached hydrogen (secondary N) is 2. The number of rotatable bonds is 11. The van der Waals surface area contributed by atoms with Crippen LogP contribution in [0.15, 0.2) is 59.2 Å². The molecule has 2 atom stereocenters. The van der Waals surface area contributed by atoms with Gasteiger partial charge in [-0.25, -0.2) is 0 Å². The van der Waals surface area contributed by atoms with Gasteiger partial charge in [-0.1, -0.05) is 12.1 Å². The van der Waals surface area contributed by atoms with Crippen LogP contribution in [0.2, 0.25) is 0 Å². The molecule has 0 bridgehead atoms. The summed E-state index contributed by atoms with van der Waals surface area (Å²) in [7, 11) is 3.03. The van der Waals surface area contributed by atoms with Gasteiger partial charge in [0.25, 0.3) is 5.91 Å². The van der Waals surface area contributed by atoms with Crippen LogP contribution in [0.3, 0.4) is 0 Å². The van der Waals surface area contributed by atoms with Crippen molar-refractivity contribution in [2.75, 3.05) is 38.8 Å². The van der Waals surface area contributed by atoms with Gasteiger partial charge in [-0.2, -0.15) is 0 Å². The molecule has 212 valence electrons. The first-order valence-electron chi connectivity index (χ1n) is 13.1. The summed E-state index contributed by atoms with van der Waals surface area (Å²) in [6.07, 6.45) is 3.07. The molecular weight excluding hydrogens is 514 g/mol. The van der Waals surface area contributed by atoms with Gasteiger partial charge < -0.3 is 29.3 Å². The predicted molar refractivity (Wildman–Crippen MR) is 149 cm³/mol. The van der Waals surface area contributed by atoms with Crippen LogP contribution in [0.25, 0.3) is 0 Å². The van der Waals surface area contributed by atoms with Crippen LogP contribution >= 0.6 is 0 Å². The largest absolute Gasteiger partial charge is 0.493 e. The van der Waals surface area contributed by atoms with Crippen LogP contribution in [0.1, 0.15) is 46.1 Å². The maximum atomic E-state index is 13.9. The summed E-state index contributed by atoms with van der Waals surface area (Å²) in [6, 6.07) is 12.6. The summed E-state index contributed by atoms with van der Waals surface area (Å²) in [6.45, 7) is 4.50. The summed E-state index contributed by atoms with van der Waals surface area (Å²) in [5.74, 6) is -0.447. The van der Waals surface area contributed by atoms with Gasteiger partial charge in [-0.3, -0.25) is 19.3 Å². The first-order chi connectivity index (χ1) is 19.3. The average Bonchev–Trinajstić information content (AvgIpc) is 3.69. The van der Waals surface area contributed by atoms with E-state index in [1.165, 1.54) is 31.4 Å². The Morgan fingerprint density at radius 1 is 1.00 bits per heavy atom. The lowest BCUT2D eigenvalue weighted by molar-refractivity contribution is -0.126. The van der Waals surface area contributed by atoms with E-state index in [-0.39, 0.29) is 18.4 Å². The second kappa shape index (κ2) is 13.2. The summed E-state index contributed by atoms with van der Waals surface area (Å²) in [5, 5.41) is 5.58. The Hall–Kier alpha value is -4.31. The van der Waals surface area contributed by atoms with Gasteiger partial charge in [-0.15, -0.1) is 0 Å². The monoisotopic (exact) mass is 549 g/mol. The summed E-state index contributed by atoms with van der Waals surface area (Å²) in [4.78, 5) is 41.8. The number of carbonyl (C=O) groups is 3. The number of benzene rings is 2. The van der Waals surface area contributed by atoms with Crippen molar-refractivity contribution in [1.82, 2.24) is 10.6 Å². The third-order valence-electron chi connectivity index (χ3n) is 6.94. The van der Waals surface area contributed by atoms with Crippen molar-refractivity contribution in [3.63, 3.8) is 0 Å². The zero-order chi connectivity index (χ0) is 28.6. The van der Waals surface area contributed by atoms with Crippen molar-refractivity contribution in [2.24, 2.45) is 0 Å². The first-order valence-corrected chi connectivity index (χ1v) is 13.1. The van der Waals surface area contributed by atoms with Crippen molar-refractivity contribution in [3.8, 4) is 11.5 Å². The van der Waals surface area contributed by atoms with Crippen molar-refractivity contribution in [2.45, 2.75) is 38.8 Å². The number of aryl methyl sites for hydroxylation is 2. The van der Waals surface area contributed by atoms with Crippen molar-refractivity contribution >= 4 is 23.4 Å². The smallest absolute Gasteiger partial charge is 0.287 e. The highest BCUT2D eigenvalue weighted by atomic mass is 16.5. The molecule has 1 saturated heterocycles. The standard InChI is InChI=1S/C30H35N3O7/c1-19-9-11-22(15-20(19)2)33(27(34)18-32-29(35)25-8-6-14-40-25)28(30(36)31-17-23-7-5-13-39-23)21-10-12-24(37-3)26(16-21)38-4/h6,8-12,14-16,23,28H,5,7,13,17-18H2,1-4H3,(H,31,36)(H,32,35)/t23-,28-/m0/s1. The molecule has 0 saturated carbocycles. The Bertz CT molecular complexity index is 1330. The topological polar surface area (TPSA) is 119 Å². The van der Waals surface area contributed by atoms with Crippen LogP contribution in [0.4, 0.5) is 5.69 Å². The van der Waals surface area contributed by atoms with Gasteiger partial charge in [0.2, 0.25) is 11.8 Å². The molecule has 10 nitrogen and oxygen atoms in total. The first kappa shape index (κ1) is 28.7. The molecule has 3 amide bonds. The van der Waals surface area contributed by atoms with Crippen LogP contribution in [-0.4, -0.2) is 57.7 Å². The normalized spacial score (nSPS) is 15.2. The molecule has 0 aliphatic carbocycles. The van der Waals surface area contributed by atoms with E-state index in [1.54, 1.807) is 30.3 Å². The highest BCUT2D eigenvalue weighted by Crippen LogP contribution is 2.35. The van der Waals surface area contributed by atoms with E-state index in [1.807, 2.05) is 26.0 Å². The third kappa shape index (κ3) is 6.63. The average molecular weight is 550 g/mol. The van der Waals surface area contributed by atoms with Gasteiger partial charge in [-0.05, 0) is 79.8 Å². The highest BCUT2D eigenvalue weighted by molar-refractivity contribution is 6.04. The molecular formula is C30H35N3O7. The fraction of sp³-hybridized carbons (Fsp3) is 0.367. The van der Waals surface area contributed by atoms with Crippen molar-refractivity contribution in [3.05, 3.63) is 77.2 Å². The zero-order valence-electron chi connectivity index (χ0n) is 23.2. The maximum absolute atomic E-state index is 13.9. The third-order valence-corrected chi connectivity index (χ3v) is 6.94. The number of amides is 3. The van der Waals surface area contributed by atoms with Gasteiger partial charge in [0.1, 0.15) is 6.04 Å². The van der Waals surface area contributed by atoms with Crippen molar-refractivity contribution < 1.29 is 33.0 Å². The van der Waals surface area contributed by atoms with Gasteiger partial charge >= 0.3 is 0 Å². The molecule has 0 spiro atoms. The van der Waals surface area contributed by atoms with E-state index < -0.39 is 23.8 Å². The molecule has 1 aliphatic rings. The van der Waals surface area contributed by atoms with Crippen LogP contribution < -0.4 is 25.0 Å². The van der Waals surface area contributed by atoms with Crippen LogP contribution in [0.5, 0.6) is 11.5 Å². The van der Waals surface area contributed by atoms with Gasteiger partial charge in [0, 0.05) is 18.8 Å². The van der Waals surface area contributed by atoms with E-state index in [2.05, 4.69) is 10.6 Å². The molecule has 2 aromatic carbocycles. The summed E-state index contributed by atoms with van der Waals surface area (Å²) < 4.78 is 21.7. The Balaban J connectivity index is 1.73. The number of anilines is 1. The Morgan fingerprint density at radius 2 is 1.80 bits per heavy atom. The summed E-state index contributed by atoms with van der Waals surface area (Å²) in [5.41, 5.74) is 2.99. The Kier molecular flexibility index (Phi) is 9.44. The molecule has 0 unspecified atom stereocenters. The molecule has 1 aliphatic heterocycles. The molecule has 0 radical (unpaired) electrons. The molecule has 1 fully saturated rings. The van der Waals surface area contributed by atoms with Gasteiger partial charge in [0.05, 0.1) is 33.1 Å². The number of methoxy groups -OCH3 is 2. The Morgan fingerprint density at radius 3 is 2.45 bits per heavy atom. The van der Waals surface area contributed by atoms with Gasteiger partial charge in [0.15, 0.2) is 17.3 Å². The Labute approximate surface area is 233 Å². The zero-order valence-corrected chi connectivity index (χ0v) is 23.2. The number of hydrogen-bond donors (Lipinski definition) is 2. The minimum Gasteiger partial charge on any atom is -0.493 e. The highest BCUT2D eigenvalue weighted by Gasteiger charge is 2.34. The van der Waals surface area contributed by atoms with E-state index in [9.17, 15) is 14.4 Å².